The molecule has 7 rings (SSSR count). The van der Waals surface area contributed by atoms with E-state index >= 15 is 4.39 Å². The van der Waals surface area contributed by atoms with Crippen LogP contribution in [-0.2, 0) is 9.59 Å². The molecule has 240 valence electrons. The summed E-state index contributed by atoms with van der Waals surface area (Å²) in [6, 6.07) is 4.00. The van der Waals surface area contributed by atoms with E-state index in [1.165, 1.54) is 15.5 Å². The Hall–Kier alpha value is -5.10. The van der Waals surface area contributed by atoms with Crippen LogP contribution in [0.5, 0.6) is 0 Å². The lowest BCUT2D eigenvalue weighted by Crippen LogP contribution is -2.62. The van der Waals surface area contributed by atoms with Gasteiger partial charge in [0, 0.05) is 35.3 Å². The number of halogens is 2. The molecule has 2 aliphatic rings. The van der Waals surface area contributed by atoms with Crippen molar-refractivity contribution < 1.29 is 14.0 Å². The highest BCUT2D eigenvalue weighted by Gasteiger charge is 2.44. The highest BCUT2D eigenvalue weighted by Crippen LogP contribution is 2.49. The quantitative estimate of drug-likeness (QED) is 0.248. The molecule has 1 fully saturated rings. The average molecular weight is 655 g/mol. The van der Waals surface area contributed by atoms with Gasteiger partial charge in [0.1, 0.15) is 17.4 Å². The second-order valence-electron chi connectivity index (χ2n) is 12.5. The summed E-state index contributed by atoms with van der Waals surface area (Å²) >= 11 is 7.19. The van der Waals surface area contributed by atoms with Crippen LogP contribution in [0.15, 0.2) is 48.0 Å². The molecule has 11 nitrogen and oxygen atoms in total. The predicted octanol–water partition coefficient (Wildman–Crippen LogP) is 5.40. The maximum atomic E-state index is 17.8. The first-order valence-corrected chi connectivity index (χ1v) is 15.7. The van der Waals surface area contributed by atoms with Gasteiger partial charge in [-0.2, -0.15) is 10.1 Å². The number of H-pyrrole nitrogens is 1. The fourth-order valence-electron chi connectivity index (χ4n) is 7.04. The minimum atomic E-state index is -0.950. The van der Waals surface area contributed by atoms with Crippen LogP contribution in [0.4, 0.5) is 15.9 Å². The Balaban J connectivity index is 1.66. The monoisotopic (exact) mass is 654 g/mol. The maximum Gasteiger partial charge on any atom is 0.354 e. The number of nitrogens with zero attached hydrogens (tertiary/aromatic N) is 6. The van der Waals surface area contributed by atoms with Crippen LogP contribution in [0.2, 0.25) is 5.02 Å². The smallest absolute Gasteiger partial charge is 0.337 e. The lowest BCUT2D eigenvalue weighted by atomic mass is 9.94. The number of hydrogen-bond donors (Lipinski definition) is 2. The van der Waals surface area contributed by atoms with Crippen molar-refractivity contribution in [1.82, 2.24) is 29.6 Å². The minimum absolute atomic E-state index is 0.000871. The minimum Gasteiger partial charge on any atom is -0.337 e. The molecular formula is C34H32ClFN8O3. The van der Waals surface area contributed by atoms with Gasteiger partial charge in [0.25, 0.3) is 0 Å². The zero-order valence-electron chi connectivity index (χ0n) is 26.5. The lowest BCUT2D eigenvalue weighted by Gasteiger charge is -2.44. The third kappa shape index (κ3) is 4.45. The molecule has 13 heteroatoms. The number of aromatic nitrogens is 5. The number of fused-ring (bicyclic) bond motifs is 3. The SMILES string of the molecule is C=CC(=O)N1CC(C)N2c3nc(=O)n(-c4c(C)ccnc4C(C)C)c4c(F)c(-c5c(C)ccc6[nH]ncc56)c(Cl)c(c34)NC(=O)C2C1. The number of benzene rings is 2. The Labute approximate surface area is 274 Å². The van der Waals surface area contributed by atoms with Gasteiger partial charge in [-0.15, -0.1) is 0 Å². The summed E-state index contributed by atoms with van der Waals surface area (Å²) in [7, 11) is 0. The van der Waals surface area contributed by atoms with E-state index in [0.29, 0.717) is 39.0 Å². The number of aryl methyl sites for hydroxylation is 2. The van der Waals surface area contributed by atoms with Crippen molar-refractivity contribution >= 4 is 56.7 Å². The van der Waals surface area contributed by atoms with Crippen molar-refractivity contribution in [2.24, 2.45) is 0 Å². The van der Waals surface area contributed by atoms with Gasteiger partial charge in [-0.1, -0.05) is 38.1 Å². The van der Waals surface area contributed by atoms with Gasteiger partial charge in [-0.25, -0.2) is 9.18 Å². The molecule has 5 heterocycles. The van der Waals surface area contributed by atoms with Crippen LogP contribution < -0.4 is 15.9 Å². The van der Waals surface area contributed by atoms with Gasteiger partial charge in [0.15, 0.2) is 5.82 Å². The molecule has 3 aromatic heterocycles. The number of aromatic amines is 1. The summed E-state index contributed by atoms with van der Waals surface area (Å²) in [5.41, 5.74) is 2.80. The first-order valence-electron chi connectivity index (χ1n) is 15.3. The molecule has 2 aromatic carbocycles. The second kappa shape index (κ2) is 11.0. The normalized spacial score (nSPS) is 17.7. The first kappa shape index (κ1) is 30.5. The summed E-state index contributed by atoms with van der Waals surface area (Å²) in [6.07, 6.45) is 4.44. The van der Waals surface area contributed by atoms with E-state index in [-0.39, 0.29) is 57.9 Å². The van der Waals surface area contributed by atoms with Crippen LogP contribution >= 0.6 is 11.6 Å². The molecule has 0 spiro atoms. The average Bonchev–Trinajstić information content (AvgIpc) is 3.47. The summed E-state index contributed by atoms with van der Waals surface area (Å²) in [5, 5.41) is 10.8. The van der Waals surface area contributed by atoms with Gasteiger partial charge in [0.05, 0.1) is 45.7 Å². The van der Waals surface area contributed by atoms with Gasteiger partial charge >= 0.3 is 5.69 Å². The standard InChI is InChI=1S/C34H32ClFN8O3/c1-7-22(45)42-13-18(6)43-21(14-42)33(46)39-29-25-31(27(36)24(26(29)35)23-16(4)8-9-20-19(23)12-38-41-20)44(34(47)40-32(25)43)30-17(5)10-11-37-28(30)15(2)3/h7-12,15,18,21H,1,13-14H2,2-6H3,(H,38,41)(H,39,46). The Kier molecular flexibility index (Phi) is 7.16. The molecule has 0 aliphatic carbocycles. The number of hydrogen-bond acceptors (Lipinski definition) is 7. The van der Waals surface area contributed by atoms with Crippen molar-refractivity contribution in [1.29, 1.82) is 0 Å². The van der Waals surface area contributed by atoms with E-state index in [9.17, 15) is 14.4 Å². The van der Waals surface area contributed by atoms with Crippen molar-refractivity contribution in [3.05, 3.63) is 81.4 Å². The predicted molar refractivity (Wildman–Crippen MR) is 180 cm³/mol. The Morgan fingerprint density at radius 3 is 2.64 bits per heavy atom. The topological polar surface area (TPSA) is 129 Å². The second-order valence-corrected chi connectivity index (χ2v) is 12.8. The first-order chi connectivity index (χ1) is 22.4. The molecule has 47 heavy (non-hydrogen) atoms. The molecule has 0 radical (unpaired) electrons. The van der Waals surface area contributed by atoms with Crippen molar-refractivity contribution in [2.45, 2.75) is 52.6 Å². The molecule has 2 atom stereocenters. The molecule has 0 bridgehead atoms. The molecule has 2 unspecified atom stereocenters. The lowest BCUT2D eigenvalue weighted by molar-refractivity contribution is -0.128. The summed E-state index contributed by atoms with van der Waals surface area (Å²) in [4.78, 5) is 53.6. The van der Waals surface area contributed by atoms with Crippen LogP contribution in [-0.4, -0.2) is 66.6 Å². The maximum absolute atomic E-state index is 17.8. The molecule has 2 aliphatic heterocycles. The number of pyridine rings is 1. The number of rotatable bonds is 4. The molecule has 2 amide bonds. The Bertz CT molecular complexity index is 2240. The number of amides is 2. The van der Waals surface area contributed by atoms with E-state index in [1.807, 2.05) is 46.8 Å². The Morgan fingerprint density at radius 1 is 1.15 bits per heavy atom. The number of carbonyl (C=O) groups is 2. The van der Waals surface area contributed by atoms with E-state index in [0.717, 1.165) is 0 Å². The van der Waals surface area contributed by atoms with Crippen molar-refractivity contribution in [3.63, 3.8) is 0 Å². The fourth-order valence-corrected chi connectivity index (χ4v) is 7.36. The van der Waals surface area contributed by atoms with E-state index in [2.05, 4.69) is 32.1 Å². The molecule has 0 saturated carbocycles. The van der Waals surface area contributed by atoms with Crippen LogP contribution in [0.3, 0.4) is 0 Å². The molecule has 1 saturated heterocycles. The van der Waals surface area contributed by atoms with E-state index < -0.39 is 29.5 Å². The highest BCUT2D eigenvalue weighted by molar-refractivity contribution is 6.40. The largest absolute Gasteiger partial charge is 0.354 e. The van der Waals surface area contributed by atoms with Crippen LogP contribution in [0, 0.1) is 19.7 Å². The zero-order valence-corrected chi connectivity index (χ0v) is 27.2. The highest BCUT2D eigenvalue weighted by atomic mass is 35.5. The van der Waals surface area contributed by atoms with E-state index in [1.54, 1.807) is 23.4 Å². The summed E-state index contributed by atoms with van der Waals surface area (Å²) in [6.45, 7) is 13.2. The van der Waals surface area contributed by atoms with Gasteiger partial charge < -0.3 is 15.1 Å². The Morgan fingerprint density at radius 2 is 1.91 bits per heavy atom. The summed E-state index contributed by atoms with van der Waals surface area (Å²) in [5.74, 6) is -1.59. The van der Waals surface area contributed by atoms with Gasteiger partial charge in [-0.3, -0.25) is 24.2 Å². The van der Waals surface area contributed by atoms with Gasteiger partial charge in [0.2, 0.25) is 11.8 Å². The molecule has 5 aromatic rings. The van der Waals surface area contributed by atoms with Crippen molar-refractivity contribution in [2.75, 3.05) is 23.3 Å². The van der Waals surface area contributed by atoms with Crippen molar-refractivity contribution in [3.8, 4) is 16.8 Å². The third-order valence-corrected chi connectivity index (χ3v) is 9.55. The number of carbonyl (C=O) groups excluding carboxylic acids is 2. The number of anilines is 2. The van der Waals surface area contributed by atoms with Crippen LogP contribution in [0.25, 0.3) is 38.6 Å². The zero-order chi connectivity index (χ0) is 33.5. The molecule has 2 N–H and O–H groups in total. The third-order valence-electron chi connectivity index (χ3n) is 9.17. The van der Waals surface area contributed by atoms with Crippen LogP contribution in [0.1, 0.15) is 43.5 Å². The summed E-state index contributed by atoms with van der Waals surface area (Å²) < 4.78 is 19.0. The van der Waals surface area contributed by atoms with Gasteiger partial charge in [-0.05, 0) is 56.0 Å². The number of nitrogens with one attached hydrogen (secondary N) is 2. The number of piperazine rings is 1. The molecular weight excluding hydrogens is 623 g/mol. The van der Waals surface area contributed by atoms with E-state index in [4.69, 9.17) is 11.6 Å². The fraction of sp³-hybridized carbons (Fsp3) is 0.294.